The number of aliphatic hydroxyl groups is 1. The van der Waals surface area contributed by atoms with Crippen LogP contribution in [0.2, 0.25) is 5.02 Å². The van der Waals surface area contributed by atoms with E-state index in [2.05, 4.69) is 0 Å². The van der Waals surface area contributed by atoms with Crippen LogP contribution in [0, 0.1) is 13.8 Å². The molecule has 1 fully saturated rings. The molecule has 37 heavy (non-hydrogen) atoms. The third-order valence-electron chi connectivity index (χ3n) is 6.97. The van der Waals surface area contributed by atoms with Crippen molar-refractivity contribution < 1.29 is 19.8 Å². The zero-order valence-corrected chi connectivity index (χ0v) is 21.9. The summed E-state index contributed by atoms with van der Waals surface area (Å²) in [6.45, 7) is 4.69. The highest BCUT2D eigenvalue weighted by atomic mass is 35.5. The Hall–Kier alpha value is -3.41. The van der Waals surface area contributed by atoms with Crippen LogP contribution in [0.1, 0.15) is 58.0 Å². The Morgan fingerprint density at radius 1 is 1.11 bits per heavy atom. The van der Waals surface area contributed by atoms with Crippen molar-refractivity contribution in [3.05, 3.63) is 106 Å². The molecule has 6 heteroatoms. The summed E-state index contributed by atoms with van der Waals surface area (Å²) in [5, 5.41) is 20.7. The molecule has 0 spiro atoms. The molecule has 0 saturated carbocycles. The van der Waals surface area contributed by atoms with Crippen molar-refractivity contribution in [2.24, 2.45) is 0 Å². The predicted octanol–water partition coefficient (Wildman–Crippen LogP) is 6.54. The molecular formula is C31H32ClNO4. The van der Waals surface area contributed by atoms with E-state index in [1.807, 2.05) is 73.4 Å². The molecule has 0 radical (unpaired) electrons. The van der Waals surface area contributed by atoms with Gasteiger partial charge in [0.1, 0.15) is 0 Å². The summed E-state index contributed by atoms with van der Waals surface area (Å²) in [7, 11) is 0. The van der Waals surface area contributed by atoms with Gasteiger partial charge in [-0.15, -0.1) is 0 Å². The van der Waals surface area contributed by atoms with Gasteiger partial charge >= 0.3 is 5.97 Å². The van der Waals surface area contributed by atoms with E-state index in [9.17, 15) is 14.7 Å². The molecule has 2 N–H and O–H groups in total. The molecule has 0 aromatic heterocycles. The Labute approximate surface area is 223 Å². The Balaban J connectivity index is 1.40. The number of aliphatic hydroxyl groups excluding tert-OH is 1. The lowest BCUT2D eigenvalue weighted by atomic mass is 9.93. The van der Waals surface area contributed by atoms with Gasteiger partial charge in [-0.1, -0.05) is 54.1 Å². The highest BCUT2D eigenvalue weighted by Crippen LogP contribution is 2.32. The van der Waals surface area contributed by atoms with Gasteiger partial charge in [0.05, 0.1) is 17.7 Å². The van der Waals surface area contributed by atoms with Gasteiger partial charge in [0.25, 0.3) is 0 Å². The lowest BCUT2D eigenvalue weighted by molar-refractivity contribution is -0.128. The SMILES string of the molecule is Cc1cc(Cl)cc(C)c1-c1cccc(C(O)/C=C/C2CCC(=O)N2CCCc2ccc(C(=O)O)cc2)c1. The minimum atomic E-state index is -0.937. The predicted molar refractivity (Wildman–Crippen MR) is 147 cm³/mol. The quantitative estimate of drug-likeness (QED) is 0.316. The maximum atomic E-state index is 12.5. The fraction of sp³-hybridized carbons (Fsp3) is 0.290. The van der Waals surface area contributed by atoms with E-state index in [4.69, 9.17) is 16.7 Å². The first-order valence-corrected chi connectivity index (χ1v) is 13.0. The van der Waals surface area contributed by atoms with Crippen molar-refractivity contribution in [2.45, 2.75) is 51.7 Å². The molecule has 2 atom stereocenters. The second-order valence-electron chi connectivity index (χ2n) is 9.67. The van der Waals surface area contributed by atoms with Gasteiger partial charge in [-0.2, -0.15) is 0 Å². The summed E-state index contributed by atoms with van der Waals surface area (Å²) in [4.78, 5) is 25.4. The monoisotopic (exact) mass is 517 g/mol. The second kappa shape index (κ2) is 11.8. The van der Waals surface area contributed by atoms with Crippen LogP contribution in [-0.2, 0) is 11.2 Å². The minimum Gasteiger partial charge on any atom is -0.478 e. The molecule has 0 bridgehead atoms. The lowest BCUT2D eigenvalue weighted by Crippen LogP contribution is -2.33. The lowest BCUT2D eigenvalue weighted by Gasteiger charge is -2.23. The molecule has 192 valence electrons. The molecule has 5 nitrogen and oxygen atoms in total. The summed E-state index contributed by atoms with van der Waals surface area (Å²) in [6, 6.07) is 18.6. The standard InChI is InChI=1S/C31H32ClNO4/c1-20-17-26(32)18-21(2)30(20)25-7-3-6-24(19-25)28(34)14-12-27-13-15-29(35)33(27)16-4-5-22-8-10-23(11-9-22)31(36)37/h3,6-12,14,17-19,27-28,34H,4-5,13,15-16H2,1-2H3,(H,36,37)/b14-12+. The Morgan fingerprint density at radius 3 is 2.49 bits per heavy atom. The van der Waals surface area contributed by atoms with Gasteiger partial charge in [0.2, 0.25) is 5.91 Å². The molecule has 1 saturated heterocycles. The van der Waals surface area contributed by atoms with Crippen molar-refractivity contribution in [1.29, 1.82) is 0 Å². The number of hydrogen-bond donors (Lipinski definition) is 2. The van der Waals surface area contributed by atoms with Crippen LogP contribution in [0.3, 0.4) is 0 Å². The molecule has 1 aliphatic heterocycles. The van der Waals surface area contributed by atoms with Crippen molar-refractivity contribution in [3.8, 4) is 11.1 Å². The molecule has 1 heterocycles. The van der Waals surface area contributed by atoms with Crippen LogP contribution >= 0.6 is 11.6 Å². The number of carbonyl (C=O) groups is 2. The number of rotatable bonds is 9. The molecule has 3 aromatic rings. The molecular weight excluding hydrogens is 486 g/mol. The summed E-state index contributed by atoms with van der Waals surface area (Å²) < 4.78 is 0. The average molecular weight is 518 g/mol. The molecule has 2 unspecified atom stereocenters. The van der Waals surface area contributed by atoms with Crippen molar-refractivity contribution in [3.63, 3.8) is 0 Å². The van der Waals surface area contributed by atoms with Gasteiger partial charge in [-0.3, -0.25) is 4.79 Å². The average Bonchev–Trinajstić information content (AvgIpc) is 3.21. The van der Waals surface area contributed by atoms with Crippen LogP contribution in [0.15, 0.2) is 72.8 Å². The summed E-state index contributed by atoms with van der Waals surface area (Å²) in [5.74, 6) is -0.811. The number of likely N-dealkylation sites (tertiary alicyclic amines) is 1. The van der Waals surface area contributed by atoms with Crippen molar-refractivity contribution >= 4 is 23.5 Å². The van der Waals surface area contributed by atoms with Crippen LogP contribution in [0.4, 0.5) is 0 Å². The number of carboxylic acids is 1. The summed E-state index contributed by atoms with van der Waals surface area (Å²) in [6.07, 6.45) is 5.73. The van der Waals surface area contributed by atoms with Gasteiger partial charge in [-0.25, -0.2) is 4.79 Å². The number of benzene rings is 3. The number of amides is 1. The molecule has 0 aliphatic carbocycles. The van der Waals surface area contributed by atoms with E-state index in [1.165, 1.54) is 0 Å². The molecule has 3 aromatic carbocycles. The molecule has 4 rings (SSSR count). The van der Waals surface area contributed by atoms with Crippen molar-refractivity contribution in [2.75, 3.05) is 6.54 Å². The van der Waals surface area contributed by atoms with Crippen LogP contribution < -0.4 is 0 Å². The summed E-state index contributed by atoms with van der Waals surface area (Å²) >= 11 is 6.20. The Kier molecular flexibility index (Phi) is 8.47. The first-order valence-electron chi connectivity index (χ1n) is 12.6. The highest BCUT2D eigenvalue weighted by molar-refractivity contribution is 6.30. The Bertz CT molecular complexity index is 1290. The maximum Gasteiger partial charge on any atom is 0.335 e. The third-order valence-corrected chi connectivity index (χ3v) is 7.19. The number of aromatic carboxylic acids is 1. The number of carboxylic acid groups (broad SMARTS) is 1. The van der Waals surface area contributed by atoms with E-state index in [0.717, 1.165) is 52.6 Å². The van der Waals surface area contributed by atoms with Crippen LogP contribution in [-0.4, -0.2) is 39.6 Å². The number of carbonyl (C=O) groups excluding carboxylic acids is 1. The zero-order chi connectivity index (χ0) is 26.5. The third kappa shape index (κ3) is 6.48. The molecule has 1 aliphatic rings. The number of nitrogens with zero attached hydrogens (tertiary/aromatic N) is 1. The topological polar surface area (TPSA) is 77.8 Å². The normalized spacial score (nSPS) is 16.5. The van der Waals surface area contributed by atoms with Gasteiger partial charge in [-0.05, 0) is 96.8 Å². The van der Waals surface area contributed by atoms with E-state index in [1.54, 1.807) is 18.2 Å². The van der Waals surface area contributed by atoms with E-state index in [0.29, 0.717) is 18.0 Å². The molecule has 1 amide bonds. The first-order chi connectivity index (χ1) is 17.7. The second-order valence-corrected chi connectivity index (χ2v) is 10.1. The van der Waals surface area contributed by atoms with E-state index >= 15 is 0 Å². The Morgan fingerprint density at radius 2 is 1.81 bits per heavy atom. The largest absolute Gasteiger partial charge is 0.478 e. The van der Waals surface area contributed by atoms with Gasteiger partial charge in [0, 0.05) is 18.0 Å². The zero-order valence-electron chi connectivity index (χ0n) is 21.2. The van der Waals surface area contributed by atoms with E-state index < -0.39 is 12.1 Å². The first kappa shape index (κ1) is 26.6. The maximum absolute atomic E-state index is 12.5. The highest BCUT2D eigenvalue weighted by Gasteiger charge is 2.28. The van der Waals surface area contributed by atoms with E-state index in [-0.39, 0.29) is 17.5 Å². The van der Waals surface area contributed by atoms with Gasteiger partial charge in [0.15, 0.2) is 0 Å². The fourth-order valence-electron chi connectivity index (χ4n) is 5.10. The van der Waals surface area contributed by atoms with Crippen LogP contribution in [0.25, 0.3) is 11.1 Å². The fourth-order valence-corrected chi connectivity index (χ4v) is 5.43. The van der Waals surface area contributed by atoms with Crippen LogP contribution in [0.5, 0.6) is 0 Å². The number of halogens is 1. The van der Waals surface area contributed by atoms with Crippen molar-refractivity contribution in [1.82, 2.24) is 4.90 Å². The minimum absolute atomic E-state index is 0.0412. The summed E-state index contributed by atoms with van der Waals surface area (Å²) in [5.41, 5.74) is 6.44. The van der Waals surface area contributed by atoms with Gasteiger partial charge < -0.3 is 15.1 Å². The smallest absolute Gasteiger partial charge is 0.335 e. The number of aryl methyl sites for hydroxylation is 3. The number of hydrogen-bond acceptors (Lipinski definition) is 3.